The van der Waals surface area contributed by atoms with Crippen molar-refractivity contribution in [1.29, 1.82) is 5.26 Å². The number of nitriles is 1. The van der Waals surface area contributed by atoms with Crippen LogP contribution in [-0.4, -0.2) is 53.3 Å². The second kappa shape index (κ2) is 8.45. The Morgan fingerprint density at radius 3 is 2.47 bits per heavy atom. The number of piperidine rings is 1. The molecule has 0 bridgehead atoms. The van der Waals surface area contributed by atoms with E-state index in [1.807, 2.05) is 12.1 Å². The normalized spacial score (nSPS) is 18.6. The standard InChI is InChI=1S/C24H30N4O3S/c1-23(2,3)28-11-8-24(9-12-28)7-6-19-14-20(4-5-21(19)31-24)22-26-15-18(16-27-22)17-32(29,30)13-10-25/h4-5,14-16H,6-9,11-13,17H2,1-3H3. The van der Waals surface area contributed by atoms with E-state index in [4.69, 9.17) is 10.00 Å². The summed E-state index contributed by atoms with van der Waals surface area (Å²) in [5.41, 5.74) is 2.66. The number of sulfone groups is 1. The van der Waals surface area contributed by atoms with Crippen molar-refractivity contribution in [3.8, 4) is 23.2 Å². The van der Waals surface area contributed by atoms with E-state index in [9.17, 15) is 8.42 Å². The summed E-state index contributed by atoms with van der Waals surface area (Å²) >= 11 is 0. The monoisotopic (exact) mass is 454 g/mol. The van der Waals surface area contributed by atoms with Crippen molar-refractivity contribution in [2.75, 3.05) is 18.8 Å². The number of nitrogens with zero attached hydrogens (tertiary/aromatic N) is 4. The summed E-state index contributed by atoms with van der Waals surface area (Å²) in [6.45, 7) is 8.92. The van der Waals surface area contributed by atoms with Crippen molar-refractivity contribution < 1.29 is 13.2 Å². The number of likely N-dealkylation sites (tertiary alicyclic amines) is 1. The lowest BCUT2D eigenvalue weighted by atomic mass is 9.81. The molecule has 1 aromatic carbocycles. The van der Waals surface area contributed by atoms with Gasteiger partial charge in [0, 0.05) is 42.1 Å². The molecule has 4 rings (SSSR count). The SMILES string of the molecule is CC(C)(C)N1CCC2(CCc3cc(-c4ncc(CS(=O)(=O)CC#N)cn4)ccc3O2)CC1. The van der Waals surface area contributed by atoms with E-state index < -0.39 is 15.6 Å². The first-order valence-electron chi connectivity index (χ1n) is 11.0. The second-order valence-corrected chi connectivity index (χ2v) is 11.9. The molecule has 0 radical (unpaired) electrons. The highest BCUT2D eigenvalue weighted by Crippen LogP contribution is 2.41. The average molecular weight is 455 g/mol. The van der Waals surface area contributed by atoms with E-state index in [-0.39, 0.29) is 16.9 Å². The summed E-state index contributed by atoms with van der Waals surface area (Å²) in [4.78, 5) is 11.2. The molecule has 0 atom stereocenters. The van der Waals surface area contributed by atoms with Crippen LogP contribution in [0.3, 0.4) is 0 Å². The summed E-state index contributed by atoms with van der Waals surface area (Å²) in [6.07, 6.45) is 7.10. The minimum absolute atomic E-state index is 0.0661. The Morgan fingerprint density at radius 1 is 1.16 bits per heavy atom. The largest absolute Gasteiger partial charge is 0.487 e. The molecule has 1 saturated heterocycles. The van der Waals surface area contributed by atoms with Crippen LogP contribution in [0, 0.1) is 11.3 Å². The minimum Gasteiger partial charge on any atom is -0.487 e. The quantitative estimate of drug-likeness (QED) is 0.697. The van der Waals surface area contributed by atoms with Crippen molar-refractivity contribution in [2.45, 2.75) is 63.3 Å². The third-order valence-electron chi connectivity index (χ3n) is 6.49. The third-order valence-corrected chi connectivity index (χ3v) is 7.84. The maximum absolute atomic E-state index is 11.8. The molecule has 170 valence electrons. The number of hydrogen-bond acceptors (Lipinski definition) is 7. The van der Waals surface area contributed by atoms with E-state index in [0.717, 1.165) is 55.6 Å². The molecule has 2 aliphatic heterocycles. The van der Waals surface area contributed by atoms with Gasteiger partial charge in [0.1, 0.15) is 17.1 Å². The van der Waals surface area contributed by atoms with Crippen LogP contribution < -0.4 is 4.74 Å². The van der Waals surface area contributed by atoms with Crippen LogP contribution in [0.4, 0.5) is 0 Å². The van der Waals surface area contributed by atoms with E-state index in [0.29, 0.717) is 11.4 Å². The first-order chi connectivity index (χ1) is 15.1. The predicted molar refractivity (Wildman–Crippen MR) is 123 cm³/mol. The van der Waals surface area contributed by atoms with Gasteiger partial charge >= 0.3 is 0 Å². The predicted octanol–water partition coefficient (Wildman–Crippen LogP) is 3.54. The van der Waals surface area contributed by atoms with Gasteiger partial charge in [-0.3, -0.25) is 4.90 Å². The molecule has 0 unspecified atom stereocenters. The van der Waals surface area contributed by atoms with E-state index in [2.05, 4.69) is 41.7 Å². The van der Waals surface area contributed by atoms with Crippen molar-refractivity contribution in [2.24, 2.45) is 0 Å². The van der Waals surface area contributed by atoms with Crippen LogP contribution in [0.1, 0.15) is 51.2 Å². The maximum Gasteiger partial charge on any atom is 0.167 e. The number of fused-ring (bicyclic) bond motifs is 1. The van der Waals surface area contributed by atoms with Gasteiger partial charge in [-0.1, -0.05) is 0 Å². The van der Waals surface area contributed by atoms with E-state index in [1.165, 1.54) is 12.4 Å². The smallest absolute Gasteiger partial charge is 0.167 e. The van der Waals surface area contributed by atoms with E-state index >= 15 is 0 Å². The molecule has 0 aliphatic carbocycles. The lowest BCUT2D eigenvalue weighted by Gasteiger charge is -2.48. The van der Waals surface area contributed by atoms with Crippen molar-refractivity contribution in [3.05, 3.63) is 41.7 Å². The van der Waals surface area contributed by atoms with Gasteiger partial charge in [-0.05, 0) is 70.2 Å². The third kappa shape index (κ3) is 4.94. The van der Waals surface area contributed by atoms with Gasteiger partial charge in [0.05, 0.1) is 11.8 Å². The van der Waals surface area contributed by atoms with Gasteiger partial charge in [0.25, 0.3) is 0 Å². The highest BCUT2D eigenvalue weighted by Gasteiger charge is 2.41. The molecule has 3 heterocycles. The number of benzene rings is 1. The van der Waals surface area contributed by atoms with Crippen LogP contribution in [0.2, 0.25) is 0 Å². The zero-order valence-electron chi connectivity index (χ0n) is 19.0. The van der Waals surface area contributed by atoms with Gasteiger partial charge in [-0.25, -0.2) is 18.4 Å². The van der Waals surface area contributed by atoms with Gasteiger partial charge in [-0.2, -0.15) is 5.26 Å². The topological polar surface area (TPSA) is 96.2 Å². The van der Waals surface area contributed by atoms with Crippen LogP contribution in [0.25, 0.3) is 11.4 Å². The molecule has 1 spiro atoms. The molecule has 0 saturated carbocycles. The van der Waals surface area contributed by atoms with Crippen molar-refractivity contribution in [3.63, 3.8) is 0 Å². The molecule has 32 heavy (non-hydrogen) atoms. The van der Waals surface area contributed by atoms with E-state index in [1.54, 1.807) is 6.07 Å². The highest BCUT2D eigenvalue weighted by molar-refractivity contribution is 7.90. The summed E-state index contributed by atoms with van der Waals surface area (Å²) < 4.78 is 30.2. The number of aryl methyl sites for hydroxylation is 1. The van der Waals surface area contributed by atoms with Crippen LogP contribution in [0.5, 0.6) is 5.75 Å². The summed E-state index contributed by atoms with van der Waals surface area (Å²) in [5.74, 6) is 0.763. The molecule has 0 N–H and O–H groups in total. The Bertz CT molecular complexity index is 1120. The van der Waals surface area contributed by atoms with Crippen LogP contribution in [0.15, 0.2) is 30.6 Å². The molecule has 1 fully saturated rings. The van der Waals surface area contributed by atoms with Gasteiger partial charge in [0.2, 0.25) is 0 Å². The molecule has 8 heteroatoms. The zero-order chi connectivity index (χ0) is 23.0. The number of aromatic nitrogens is 2. The molecular weight excluding hydrogens is 424 g/mol. The van der Waals surface area contributed by atoms with Crippen LogP contribution >= 0.6 is 0 Å². The Balaban J connectivity index is 1.45. The fourth-order valence-electron chi connectivity index (χ4n) is 4.58. The average Bonchev–Trinajstić information content (AvgIpc) is 2.73. The van der Waals surface area contributed by atoms with Crippen molar-refractivity contribution in [1.82, 2.24) is 14.9 Å². The molecule has 0 amide bonds. The molecule has 2 aliphatic rings. The summed E-state index contributed by atoms with van der Waals surface area (Å²) in [5, 5.41) is 8.62. The molecule has 2 aromatic rings. The summed E-state index contributed by atoms with van der Waals surface area (Å²) in [6, 6.07) is 7.73. The first kappa shape index (κ1) is 22.7. The Hall–Kier alpha value is -2.50. The zero-order valence-corrected chi connectivity index (χ0v) is 19.8. The fraction of sp³-hybridized carbons (Fsp3) is 0.542. The van der Waals surface area contributed by atoms with Gasteiger partial charge < -0.3 is 4.74 Å². The first-order valence-corrected chi connectivity index (χ1v) is 12.9. The summed E-state index contributed by atoms with van der Waals surface area (Å²) in [7, 11) is -3.46. The van der Waals surface area contributed by atoms with Gasteiger partial charge in [0.15, 0.2) is 15.7 Å². The Kier molecular flexibility index (Phi) is 5.99. The maximum atomic E-state index is 11.8. The number of hydrogen-bond donors (Lipinski definition) is 0. The Labute approximate surface area is 190 Å². The highest BCUT2D eigenvalue weighted by atomic mass is 32.2. The second-order valence-electron chi connectivity index (χ2n) is 9.87. The molecule has 7 nitrogen and oxygen atoms in total. The number of ether oxygens (including phenoxy) is 1. The fourth-order valence-corrected chi connectivity index (χ4v) is 5.53. The minimum atomic E-state index is -3.46. The number of rotatable bonds is 4. The van der Waals surface area contributed by atoms with Crippen molar-refractivity contribution >= 4 is 9.84 Å². The lowest BCUT2D eigenvalue weighted by molar-refractivity contribution is -0.0355. The molecular formula is C24H30N4O3S. The lowest BCUT2D eigenvalue weighted by Crippen LogP contribution is -2.54. The Morgan fingerprint density at radius 2 is 1.84 bits per heavy atom. The van der Waals surface area contributed by atoms with Crippen LogP contribution in [-0.2, 0) is 22.0 Å². The van der Waals surface area contributed by atoms with Gasteiger partial charge in [-0.15, -0.1) is 0 Å². The molecule has 1 aromatic heterocycles.